The van der Waals surface area contributed by atoms with Crippen LogP contribution in [0, 0.1) is 13.8 Å². The normalized spacial score (nSPS) is 12.1. The molecule has 2 N–H and O–H groups in total. The minimum Gasteiger partial charge on any atom is -0.505 e. The van der Waals surface area contributed by atoms with Crippen LogP contribution in [0.5, 0.6) is 5.75 Å². The number of aryl methyl sites for hydroxylation is 2. The van der Waals surface area contributed by atoms with Gasteiger partial charge in [-0.15, -0.1) is 0 Å². The number of rotatable bonds is 5. The molecular formula is C26H23N5O. The Morgan fingerprint density at radius 3 is 2.41 bits per heavy atom. The van der Waals surface area contributed by atoms with Gasteiger partial charge >= 0.3 is 0 Å². The summed E-state index contributed by atoms with van der Waals surface area (Å²) in [7, 11) is 0. The van der Waals surface area contributed by atoms with Gasteiger partial charge in [0.1, 0.15) is 22.9 Å². The first kappa shape index (κ1) is 19.8. The predicted octanol–water partition coefficient (Wildman–Crippen LogP) is 5.34. The van der Waals surface area contributed by atoms with Crippen LogP contribution in [0.3, 0.4) is 0 Å². The number of nitrogens with zero attached hydrogens (tertiary/aromatic N) is 4. The number of imidazole rings is 1. The second kappa shape index (κ2) is 8.15. The molecule has 0 radical (unpaired) electrons. The van der Waals surface area contributed by atoms with Crippen LogP contribution < -0.4 is 5.32 Å². The summed E-state index contributed by atoms with van der Waals surface area (Å²) < 4.78 is 2.03. The summed E-state index contributed by atoms with van der Waals surface area (Å²) >= 11 is 0. The van der Waals surface area contributed by atoms with Crippen LogP contribution >= 0.6 is 0 Å². The maximum atomic E-state index is 11.2. The summed E-state index contributed by atoms with van der Waals surface area (Å²) in [6.45, 7) is 3.90. The van der Waals surface area contributed by atoms with E-state index >= 15 is 0 Å². The Kier molecular flexibility index (Phi) is 5.03. The lowest BCUT2D eigenvalue weighted by molar-refractivity contribution is 0.471. The van der Waals surface area contributed by atoms with Gasteiger partial charge in [-0.2, -0.15) is 0 Å². The van der Waals surface area contributed by atoms with Gasteiger partial charge in [-0.3, -0.25) is 0 Å². The number of hydrogen-bond donors (Lipinski definition) is 2. The van der Waals surface area contributed by atoms with Crippen molar-refractivity contribution in [2.75, 3.05) is 5.32 Å². The molecule has 0 saturated heterocycles. The maximum absolute atomic E-state index is 11.2. The zero-order chi connectivity index (χ0) is 22.1. The molecule has 5 rings (SSSR count). The number of fused-ring (bicyclic) bond motifs is 1. The van der Waals surface area contributed by atoms with Crippen molar-refractivity contribution >= 4 is 16.7 Å². The van der Waals surface area contributed by atoms with Crippen molar-refractivity contribution in [3.8, 4) is 11.4 Å². The molecule has 0 spiro atoms. The van der Waals surface area contributed by atoms with Crippen molar-refractivity contribution in [2.24, 2.45) is 0 Å². The molecule has 1 atom stereocenters. The largest absolute Gasteiger partial charge is 0.505 e. The summed E-state index contributed by atoms with van der Waals surface area (Å²) in [5.74, 6) is 1.83. The Hall–Kier alpha value is -4.19. The van der Waals surface area contributed by atoms with E-state index in [0.717, 1.165) is 39.5 Å². The van der Waals surface area contributed by atoms with Gasteiger partial charge in [0.15, 0.2) is 0 Å². The average molecular weight is 422 g/mol. The first-order chi connectivity index (χ1) is 15.6. The van der Waals surface area contributed by atoms with E-state index in [0.29, 0.717) is 5.52 Å². The summed E-state index contributed by atoms with van der Waals surface area (Å²) in [4.78, 5) is 13.3. The van der Waals surface area contributed by atoms with Gasteiger partial charge in [0.05, 0.1) is 6.04 Å². The van der Waals surface area contributed by atoms with Gasteiger partial charge < -0.3 is 15.0 Å². The number of phenols is 1. The van der Waals surface area contributed by atoms with Gasteiger partial charge in [-0.05, 0) is 49.7 Å². The topological polar surface area (TPSA) is 75.9 Å². The number of benzene rings is 2. The molecule has 158 valence electrons. The van der Waals surface area contributed by atoms with Crippen LogP contribution in [0.15, 0.2) is 85.3 Å². The molecule has 0 saturated carbocycles. The fraction of sp³-hybridized carbons (Fsp3) is 0.115. The number of nitrogens with one attached hydrogen (secondary N) is 1. The fourth-order valence-corrected chi connectivity index (χ4v) is 3.93. The van der Waals surface area contributed by atoms with Gasteiger partial charge in [0.25, 0.3) is 0 Å². The van der Waals surface area contributed by atoms with Crippen LogP contribution in [-0.2, 0) is 0 Å². The molecule has 0 amide bonds. The second-order valence-electron chi connectivity index (χ2n) is 7.76. The second-order valence-corrected chi connectivity index (χ2v) is 7.76. The minimum atomic E-state index is -0.311. The molecule has 0 aliphatic rings. The number of hydrogen-bond acceptors (Lipinski definition) is 5. The van der Waals surface area contributed by atoms with Gasteiger partial charge in [0.2, 0.25) is 0 Å². The smallest absolute Gasteiger partial charge is 0.147 e. The van der Waals surface area contributed by atoms with Crippen LogP contribution in [0.4, 0.5) is 5.82 Å². The van der Waals surface area contributed by atoms with Crippen molar-refractivity contribution < 1.29 is 5.11 Å². The zero-order valence-electron chi connectivity index (χ0n) is 17.9. The zero-order valence-corrected chi connectivity index (χ0v) is 17.9. The van der Waals surface area contributed by atoms with Crippen molar-refractivity contribution in [1.29, 1.82) is 0 Å². The highest BCUT2D eigenvalue weighted by Crippen LogP contribution is 2.36. The Morgan fingerprint density at radius 2 is 1.69 bits per heavy atom. The lowest BCUT2D eigenvalue weighted by Gasteiger charge is -2.22. The van der Waals surface area contributed by atoms with Crippen LogP contribution in [0.25, 0.3) is 16.6 Å². The highest BCUT2D eigenvalue weighted by molar-refractivity contribution is 5.86. The van der Waals surface area contributed by atoms with Crippen LogP contribution in [0.1, 0.15) is 28.7 Å². The number of anilines is 1. The van der Waals surface area contributed by atoms with E-state index in [-0.39, 0.29) is 11.8 Å². The summed E-state index contributed by atoms with van der Waals surface area (Å²) in [6, 6.07) is 21.5. The van der Waals surface area contributed by atoms with E-state index in [9.17, 15) is 5.11 Å². The lowest BCUT2D eigenvalue weighted by Crippen LogP contribution is -2.14. The predicted molar refractivity (Wildman–Crippen MR) is 126 cm³/mol. The van der Waals surface area contributed by atoms with E-state index in [1.54, 1.807) is 12.4 Å². The molecule has 0 bridgehead atoms. The van der Waals surface area contributed by atoms with E-state index in [2.05, 4.69) is 44.5 Å². The monoisotopic (exact) mass is 421 g/mol. The van der Waals surface area contributed by atoms with Gasteiger partial charge in [-0.1, -0.05) is 36.4 Å². The van der Waals surface area contributed by atoms with E-state index in [1.165, 1.54) is 0 Å². The van der Waals surface area contributed by atoms with Gasteiger partial charge in [-0.25, -0.2) is 15.0 Å². The Morgan fingerprint density at radius 1 is 0.875 bits per heavy atom. The third-order valence-electron chi connectivity index (χ3n) is 5.60. The first-order valence-corrected chi connectivity index (χ1v) is 10.5. The minimum absolute atomic E-state index is 0.175. The van der Waals surface area contributed by atoms with Crippen LogP contribution in [-0.4, -0.2) is 24.6 Å². The highest BCUT2D eigenvalue weighted by atomic mass is 16.3. The van der Waals surface area contributed by atoms with Crippen molar-refractivity contribution in [3.63, 3.8) is 0 Å². The summed E-state index contributed by atoms with van der Waals surface area (Å²) in [5.41, 5.74) is 4.23. The molecule has 1 unspecified atom stereocenters. The molecule has 2 aromatic carbocycles. The molecule has 6 heteroatoms. The van der Waals surface area contributed by atoms with Crippen molar-refractivity contribution in [3.05, 3.63) is 108 Å². The van der Waals surface area contributed by atoms with Crippen molar-refractivity contribution in [1.82, 2.24) is 19.5 Å². The third kappa shape index (κ3) is 3.67. The Balaban J connectivity index is 1.61. The molecule has 32 heavy (non-hydrogen) atoms. The standard InChI is InChI=1S/C26H23N5O/c1-17-6-7-20-10-13-22(26(32)25(20)29-17)24(30-23-5-3-4-14-28-23)19-8-11-21(12-9-19)31-16-15-27-18(31)2/h3-16,24,32H,1-2H3,(H,28,30). The number of aromatic nitrogens is 4. The summed E-state index contributed by atoms with van der Waals surface area (Å²) in [6.07, 6.45) is 5.48. The third-order valence-corrected chi connectivity index (χ3v) is 5.60. The SMILES string of the molecule is Cc1ccc2ccc(C(Nc3ccccn3)c3ccc(-n4ccnc4C)cc3)c(O)c2n1. The first-order valence-electron chi connectivity index (χ1n) is 10.5. The highest BCUT2D eigenvalue weighted by Gasteiger charge is 2.21. The molecule has 0 aliphatic heterocycles. The quantitative estimate of drug-likeness (QED) is 0.401. The number of pyridine rings is 2. The average Bonchev–Trinajstić information content (AvgIpc) is 3.25. The fourth-order valence-electron chi connectivity index (χ4n) is 3.93. The molecule has 6 nitrogen and oxygen atoms in total. The number of aromatic hydroxyl groups is 1. The van der Waals surface area contributed by atoms with Crippen molar-refractivity contribution in [2.45, 2.75) is 19.9 Å². The summed E-state index contributed by atoms with van der Waals surface area (Å²) in [5, 5.41) is 15.6. The molecular weight excluding hydrogens is 398 g/mol. The van der Waals surface area contributed by atoms with E-state index in [1.807, 2.05) is 67.1 Å². The Labute approximate surface area is 186 Å². The molecule has 5 aromatic rings. The molecule has 3 heterocycles. The number of phenolic OH excluding ortho intramolecular Hbond substituents is 1. The molecule has 0 aliphatic carbocycles. The van der Waals surface area contributed by atoms with Crippen LogP contribution in [0.2, 0.25) is 0 Å². The molecule has 0 fully saturated rings. The maximum Gasteiger partial charge on any atom is 0.147 e. The Bertz CT molecular complexity index is 1380. The van der Waals surface area contributed by atoms with Gasteiger partial charge in [0, 0.05) is 40.9 Å². The van der Waals surface area contributed by atoms with E-state index in [4.69, 9.17) is 0 Å². The van der Waals surface area contributed by atoms with E-state index < -0.39 is 0 Å². The molecule has 3 aromatic heterocycles. The lowest BCUT2D eigenvalue weighted by atomic mass is 9.96.